The summed E-state index contributed by atoms with van der Waals surface area (Å²) in [7, 11) is 0. The van der Waals surface area contributed by atoms with Gasteiger partial charge in [-0.25, -0.2) is 4.98 Å². The first-order chi connectivity index (χ1) is 14.8. The smallest absolute Gasteiger partial charge is 0.240 e. The highest BCUT2D eigenvalue weighted by Crippen LogP contribution is 2.26. The van der Waals surface area contributed by atoms with Crippen LogP contribution in [0.15, 0.2) is 66.7 Å². The van der Waals surface area contributed by atoms with Gasteiger partial charge in [-0.2, -0.15) is 0 Å². The molecule has 4 aromatic rings. The van der Waals surface area contributed by atoms with Gasteiger partial charge in [-0.15, -0.1) is 0 Å². The number of ether oxygens (including phenoxy) is 1. The Morgan fingerprint density at radius 2 is 1.77 bits per heavy atom. The first-order valence-electron chi connectivity index (χ1n) is 10.6. The molecule has 1 heterocycles. The van der Waals surface area contributed by atoms with Gasteiger partial charge < -0.3 is 14.6 Å². The summed E-state index contributed by atoms with van der Waals surface area (Å²) in [5, 5.41) is 5.39. The molecule has 1 amide bonds. The third-order valence-electron chi connectivity index (χ3n) is 5.86. The maximum Gasteiger partial charge on any atom is 0.240 e. The highest BCUT2D eigenvalue weighted by Gasteiger charge is 2.19. The van der Waals surface area contributed by atoms with Gasteiger partial charge in [0.2, 0.25) is 5.91 Å². The molecule has 1 aliphatic carbocycles. The number of benzene rings is 3. The minimum absolute atomic E-state index is 0.0384. The van der Waals surface area contributed by atoms with Crippen molar-refractivity contribution in [3.05, 3.63) is 72.6 Å². The van der Waals surface area contributed by atoms with E-state index in [0.29, 0.717) is 12.6 Å². The van der Waals surface area contributed by atoms with Gasteiger partial charge >= 0.3 is 0 Å². The van der Waals surface area contributed by atoms with Gasteiger partial charge in [-0.1, -0.05) is 61.4 Å². The minimum Gasteiger partial charge on any atom is -0.485 e. The van der Waals surface area contributed by atoms with E-state index in [2.05, 4.69) is 23.5 Å². The van der Waals surface area contributed by atoms with Crippen LogP contribution in [0.3, 0.4) is 0 Å². The lowest BCUT2D eigenvalue weighted by Gasteiger charge is -2.15. The normalized spacial score (nSPS) is 14.4. The molecule has 1 aromatic heterocycles. The maximum absolute atomic E-state index is 12.7. The lowest BCUT2D eigenvalue weighted by atomic mass is 10.1. The van der Waals surface area contributed by atoms with Gasteiger partial charge in [0.25, 0.3) is 0 Å². The van der Waals surface area contributed by atoms with Crippen molar-refractivity contribution in [3.8, 4) is 5.75 Å². The van der Waals surface area contributed by atoms with Gasteiger partial charge in [-0.05, 0) is 36.4 Å². The van der Waals surface area contributed by atoms with Gasteiger partial charge in [0.1, 0.15) is 24.7 Å². The second-order valence-corrected chi connectivity index (χ2v) is 7.92. The number of aromatic nitrogens is 2. The average molecular weight is 399 g/mol. The summed E-state index contributed by atoms with van der Waals surface area (Å²) in [6.07, 6.45) is 4.55. The Bertz CT molecular complexity index is 1190. The molecular formula is C25H25N3O2. The van der Waals surface area contributed by atoms with E-state index in [-0.39, 0.29) is 12.5 Å². The zero-order valence-corrected chi connectivity index (χ0v) is 16.9. The molecule has 0 atom stereocenters. The lowest BCUT2D eigenvalue weighted by Crippen LogP contribution is -2.35. The molecule has 1 fully saturated rings. The summed E-state index contributed by atoms with van der Waals surface area (Å²) >= 11 is 0. The molecule has 0 saturated heterocycles. The van der Waals surface area contributed by atoms with Crippen molar-refractivity contribution in [1.29, 1.82) is 0 Å². The monoisotopic (exact) mass is 399 g/mol. The fraction of sp³-hybridized carbons (Fsp3) is 0.280. The Balaban J connectivity index is 1.40. The highest BCUT2D eigenvalue weighted by atomic mass is 16.5. The van der Waals surface area contributed by atoms with Crippen LogP contribution in [0.25, 0.3) is 21.8 Å². The first-order valence-corrected chi connectivity index (χ1v) is 10.6. The number of carbonyl (C=O) groups is 1. The number of hydrogen-bond acceptors (Lipinski definition) is 3. The number of amides is 1. The van der Waals surface area contributed by atoms with Crippen LogP contribution in [0.5, 0.6) is 5.75 Å². The predicted molar refractivity (Wildman–Crippen MR) is 118 cm³/mol. The molecule has 0 bridgehead atoms. The topological polar surface area (TPSA) is 56.2 Å². The van der Waals surface area contributed by atoms with Crippen LogP contribution in [0.2, 0.25) is 0 Å². The predicted octanol–water partition coefficient (Wildman–Crippen LogP) is 4.83. The SMILES string of the molecule is O=C(Cn1c(COc2cccc3ccccc23)nc2ccccc21)NC1CCCC1. The zero-order chi connectivity index (χ0) is 20.3. The zero-order valence-electron chi connectivity index (χ0n) is 16.9. The van der Waals surface area contributed by atoms with Crippen LogP contribution < -0.4 is 10.1 Å². The van der Waals surface area contributed by atoms with Crippen LogP contribution in [-0.4, -0.2) is 21.5 Å². The van der Waals surface area contributed by atoms with Crippen LogP contribution in [0.1, 0.15) is 31.5 Å². The molecule has 5 rings (SSSR count). The molecule has 3 aromatic carbocycles. The summed E-state index contributed by atoms with van der Waals surface area (Å²) in [6, 6.07) is 22.4. The Morgan fingerprint density at radius 3 is 2.67 bits per heavy atom. The number of para-hydroxylation sites is 2. The van der Waals surface area contributed by atoms with Crippen molar-refractivity contribution in [2.75, 3.05) is 0 Å². The van der Waals surface area contributed by atoms with E-state index < -0.39 is 0 Å². The Morgan fingerprint density at radius 1 is 1.00 bits per heavy atom. The number of nitrogens with one attached hydrogen (secondary N) is 1. The molecule has 1 N–H and O–H groups in total. The first kappa shape index (κ1) is 18.7. The van der Waals surface area contributed by atoms with E-state index in [4.69, 9.17) is 9.72 Å². The molecule has 5 nitrogen and oxygen atoms in total. The van der Waals surface area contributed by atoms with Crippen LogP contribution in [0, 0.1) is 0 Å². The standard InChI is InChI=1S/C25H25N3O2/c29-25(26-19-10-2-3-11-19)16-28-22-14-6-5-13-21(22)27-24(28)17-30-23-15-7-9-18-8-1-4-12-20(18)23/h1,4-9,12-15,19H,2-3,10-11,16-17H2,(H,26,29). The molecular weight excluding hydrogens is 374 g/mol. The summed E-state index contributed by atoms with van der Waals surface area (Å²) in [6.45, 7) is 0.560. The third-order valence-corrected chi connectivity index (χ3v) is 5.86. The molecule has 1 saturated carbocycles. The second kappa shape index (κ2) is 8.19. The molecule has 0 unspecified atom stereocenters. The molecule has 0 aliphatic heterocycles. The Labute approximate surface area is 175 Å². The molecule has 152 valence electrons. The maximum atomic E-state index is 12.7. The van der Waals surface area contributed by atoms with Crippen molar-refractivity contribution in [2.45, 2.75) is 44.9 Å². The van der Waals surface area contributed by atoms with Crippen molar-refractivity contribution < 1.29 is 9.53 Å². The largest absolute Gasteiger partial charge is 0.485 e. The van der Waals surface area contributed by atoms with Crippen molar-refractivity contribution in [1.82, 2.24) is 14.9 Å². The van der Waals surface area contributed by atoms with E-state index in [0.717, 1.165) is 46.2 Å². The van der Waals surface area contributed by atoms with Crippen LogP contribution in [0.4, 0.5) is 0 Å². The Kier molecular flexibility index (Phi) is 5.10. The molecule has 0 spiro atoms. The van der Waals surface area contributed by atoms with Crippen molar-refractivity contribution >= 4 is 27.7 Å². The number of nitrogens with zero attached hydrogens (tertiary/aromatic N) is 2. The minimum atomic E-state index is 0.0384. The number of carbonyl (C=O) groups excluding carboxylic acids is 1. The number of imidazole rings is 1. The van der Waals surface area contributed by atoms with Gasteiger partial charge in [0, 0.05) is 11.4 Å². The van der Waals surface area contributed by atoms with Crippen molar-refractivity contribution in [3.63, 3.8) is 0 Å². The van der Waals surface area contributed by atoms with E-state index in [1.165, 1.54) is 12.8 Å². The van der Waals surface area contributed by atoms with Gasteiger partial charge in [0.15, 0.2) is 0 Å². The quantitative estimate of drug-likeness (QED) is 0.505. The molecule has 0 radical (unpaired) electrons. The lowest BCUT2D eigenvalue weighted by molar-refractivity contribution is -0.122. The average Bonchev–Trinajstić information content (AvgIpc) is 3.40. The summed E-state index contributed by atoms with van der Waals surface area (Å²) in [5.74, 6) is 1.62. The Hall–Kier alpha value is -3.34. The fourth-order valence-corrected chi connectivity index (χ4v) is 4.36. The van der Waals surface area contributed by atoms with Gasteiger partial charge in [-0.3, -0.25) is 4.79 Å². The van der Waals surface area contributed by atoms with E-state index >= 15 is 0 Å². The highest BCUT2D eigenvalue weighted by molar-refractivity contribution is 5.88. The van der Waals surface area contributed by atoms with E-state index in [9.17, 15) is 4.79 Å². The van der Waals surface area contributed by atoms with Crippen LogP contribution >= 0.6 is 0 Å². The van der Waals surface area contributed by atoms with Crippen LogP contribution in [-0.2, 0) is 17.9 Å². The third kappa shape index (κ3) is 3.75. The summed E-state index contributed by atoms with van der Waals surface area (Å²) < 4.78 is 8.15. The number of rotatable bonds is 6. The summed E-state index contributed by atoms with van der Waals surface area (Å²) in [5.41, 5.74) is 1.83. The van der Waals surface area contributed by atoms with Gasteiger partial charge in [0.05, 0.1) is 11.0 Å². The molecule has 5 heteroatoms. The van der Waals surface area contributed by atoms with E-state index in [1.54, 1.807) is 0 Å². The fourth-order valence-electron chi connectivity index (χ4n) is 4.36. The number of hydrogen-bond donors (Lipinski definition) is 1. The van der Waals surface area contributed by atoms with E-state index in [1.807, 2.05) is 53.1 Å². The molecule has 30 heavy (non-hydrogen) atoms. The summed E-state index contributed by atoms with van der Waals surface area (Å²) in [4.78, 5) is 17.5. The van der Waals surface area contributed by atoms with Crippen molar-refractivity contribution in [2.24, 2.45) is 0 Å². The molecule has 1 aliphatic rings. The number of fused-ring (bicyclic) bond motifs is 2. The second-order valence-electron chi connectivity index (χ2n) is 7.92.